The van der Waals surface area contributed by atoms with Crippen LogP contribution in [0.25, 0.3) is 16.4 Å². The lowest BCUT2D eigenvalue weighted by molar-refractivity contribution is -0.137. The first-order chi connectivity index (χ1) is 12.7. The Morgan fingerprint density at radius 1 is 1.00 bits per heavy atom. The predicted molar refractivity (Wildman–Crippen MR) is 97.0 cm³/mol. The average Bonchev–Trinajstić information content (AvgIpc) is 2.98. The Labute approximate surface area is 152 Å². The highest BCUT2D eigenvalue weighted by molar-refractivity contribution is 5.87. The van der Waals surface area contributed by atoms with E-state index in [1.54, 1.807) is 23.5 Å². The Hall–Kier alpha value is -3.09. The van der Waals surface area contributed by atoms with E-state index in [4.69, 9.17) is 0 Å². The van der Waals surface area contributed by atoms with E-state index in [-0.39, 0.29) is 12.1 Å². The lowest BCUT2D eigenvalue weighted by atomic mass is 10.1. The summed E-state index contributed by atoms with van der Waals surface area (Å²) in [7, 11) is 0. The summed E-state index contributed by atoms with van der Waals surface area (Å²) in [5.41, 5.74) is 1.70. The number of hydrogen-bond acceptors (Lipinski definition) is 2. The van der Waals surface area contributed by atoms with Gasteiger partial charge < -0.3 is 0 Å². The van der Waals surface area contributed by atoms with Crippen molar-refractivity contribution < 1.29 is 13.2 Å². The van der Waals surface area contributed by atoms with E-state index in [1.165, 1.54) is 10.7 Å². The van der Waals surface area contributed by atoms with Crippen LogP contribution in [0.2, 0.25) is 0 Å². The molecule has 4 nitrogen and oxygen atoms in total. The Morgan fingerprint density at radius 3 is 2.52 bits per heavy atom. The molecule has 27 heavy (non-hydrogen) atoms. The Kier molecular flexibility index (Phi) is 3.83. The zero-order chi connectivity index (χ0) is 19.3. The summed E-state index contributed by atoms with van der Waals surface area (Å²) >= 11 is 0. The van der Waals surface area contributed by atoms with Gasteiger partial charge in [0.15, 0.2) is 0 Å². The molecule has 0 saturated heterocycles. The van der Waals surface area contributed by atoms with Gasteiger partial charge in [0.25, 0.3) is 5.56 Å². The van der Waals surface area contributed by atoms with Crippen LogP contribution in [0.1, 0.15) is 22.5 Å². The highest BCUT2D eigenvalue weighted by Gasteiger charge is 2.30. The van der Waals surface area contributed by atoms with Gasteiger partial charge in [-0.3, -0.25) is 9.20 Å². The van der Waals surface area contributed by atoms with Crippen LogP contribution in [-0.4, -0.2) is 14.2 Å². The zero-order valence-corrected chi connectivity index (χ0v) is 14.7. The summed E-state index contributed by atoms with van der Waals surface area (Å²) in [6.07, 6.45) is -4.43. The SMILES string of the molecule is Cc1ccc2c(c1)cc1c(=O)n(Cc3cccc(C(F)(F)F)c3)nc(C)n12. The standard InChI is InChI=1S/C20H16F3N3O/c1-12-6-7-17-15(8-12)10-18-19(27)25(24-13(2)26(17)18)11-14-4-3-5-16(9-14)20(21,22)23/h3-10H,11H2,1-2H3. The molecule has 7 heteroatoms. The lowest BCUT2D eigenvalue weighted by Gasteiger charge is -2.11. The Bertz CT molecular complexity index is 1240. The number of rotatable bonds is 2. The maximum absolute atomic E-state index is 12.9. The third-order valence-corrected chi connectivity index (χ3v) is 4.59. The molecule has 0 radical (unpaired) electrons. The number of nitrogens with zero attached hydrogens (tertiary/aromatic N) is 3. The molecule has 0 bridgehead atoms. The normalized spacial score (nSPS) is 12.2. The summed E-state index contributed by atoms with van der Waals surface area (Å²) in [4.78, 5) is 12.9. The highest BCUT2D eigenvalue weighted by Crippen LogP contribution is 2.29. The molecule has 0 amide bonds. The van der Waals surface area contributed by atoms with Crippen LogP contribution < -0.4 is 5.56 Å². The predicted octanol–water partition coefficient (Wildman–Crippen LogP) is 4.33. The molecule has 2 heterocycles. The molecule has 0 aliphatic carbocycles. The van der Waals surface area contributed by atoms with E-state index < -0.39 is 11.7 Å². The Morgan fingerprint density at radius 2 is 1.78 bits per heavy atom. The van der Waals surface area contributed by atoms with E-state index >= 15 is 0 Å². The summed E-state index contributed by atoms with van der Waals surface area (Å²) in [6.45, 7) is 3.72. The van der Waals surface area contributed by atoms with Gasteiger partial charge in [-0.05, 0) is 49.7 Å². The first kappa shape index (κ1) is 17.3. The molecule has 0 N–H and O–H groups in total. The smallest absolute Gasteiger partial charge is 0.291 e. The second-order valence-electron chi connectivity index (χ2n) is 6.64. The van der Waals surface area contributed by atoms with E-state index in [2.05, 4.69) is 5.10 Å². The largest absolute Gasteiger partial charge is 0.416 e. The molecule has 0 fully saturated rings. The molecule has 0 spiro atoms. The number of alkyl halides is 3. The fraction of sp³-hybridized carbons (Fsp3) is 0.200. The van der Waals surface area contributed by atoms with Crippen molar-refractivity contribution in [2.45, 2.75) is 26.6 Å². The number of aryl methyl sites for hydroxylation is 2. The van der Waals surface area contributed by atoms with Crippen LogP contribution >= 0.6 is 0 Å². The molecular weight excluding hydrogens is 355 g/mol. The molecule has 0 aliphatic heterocycles. The van der Waals surface area contributed by atoms with Gasteiger partial charge >= 0.3 is 6.18 Å². The second kappa shape index (κ2) is 5.97. The van der Waals surface area contributed by atoms with E-state index in [0.29, 0.717) is 16.9 Å². The summed E-state index contributed by atoms with van der Waals surface area (Å²) in [6, 6.07) is 12.6. The van der Waals surface area contributed by atoms with Gasteiger partial charge in [-0.25, -0.2) is 4.68 Å². The van der Waals surface area contributed by atoms with Crippen LogP contribution in [0.3, 0.4) is 0 Å². The first-order valence-corrected chi connectivity index (χ1v) is 8.40. The van der Waals surface area contributed by atoms with Crippen molar-refractivity contribution in [3.63, 3.8) is 0 Å². The number of fused-ring (bicyclic) bond motifs is 3. The van der Waals surface area contributed by atoms with Crippen LogP contribution in [0.5, 0.6) is 0 Å². The number of aromatic nitrogens is 3. The van der Waals surface area contributed by atoms with Crippen LogP contribution in [0, 0.1) is 13.8 Å². The third kappa shape index (κ3) is 2.99. The van der Waals surface area contributed by atoms with Gasteiger partial charge in [-0.15, -0.1) is 0 Å². The number of benzene rings is 2. The van der Waals surface area contributed by atoms with E-state index in [0.717, 1.165) is 28.6 Å². The molecular formula is C20H16F3N3O. The molecule has 138 valence electrons. The topological polar surface area (TPSA) is 39.3 Å². The van der Waals surface area contributed by atoms with Gasteiger partial charge in [-0.2, -0.15) is 18.3 Å². The zero-order valence-electron chi connectivity index (χ0n) is 14.7. The van der Waals surface area contributed by atoms with Crippen molar-refractivity contribution in [3.05, 3.63) is 81.4 Å². The fourth-order valence-electron chi connectivity index (χ4n) is 3.36. The maximum Gasteiger partial charge on any atom is 0.416 e. The van der Waals surface area contributed by atoms with Crippen LogP contribution in [0.4, 0.5) is 13.2 Å². The summed E-state index contributed by atoms with van der Waals surface area (Å²) < 4.78 is 41.8. The van der Waals surface area contributed by atoms with Crippen LogP contribution in [-0.2, 0) is 12.7 Å². The molecule has 0 saturated carbocycles. The first-order valence-electron chi connectivity index (χ1n) is 8.40. The monoisotopic (exact) mass is 371 g/mol. The molecule has 0 unspecified atom stereocenters. The maximum atomic E-state index is 12.9. The van der Waals surface area contributed by atoms with Crippen molar-refractivity contribution in [2.24, 2.45) is 0 Å². The minimum Gasteiger partial charge on any atom is -0.291 e. The molecule has 2 aromatic heterocycles. The lowest BCUT2D eigenvalue weighted by Crippen LogP contribution is -2.26. The second-order valence-corrected chi connectivity index (χ2v) is 6.64. The molecule has 4 rings (SSSR count). The third-order valence-electron chi connectivity index (χ3n) is 4.59. The summed E-state index contributed by atoms with van der Waals surface area (Å²) in [5.74, 6) is 0.593. The molecule has 2 aromatic carbocycles. The van der Waals surface area contributed by atoms with Crippen LogP contribution in [0.15, 0.2) is 53.3 Å². The van der Waals surface area contributed by atoms with Crippen molar-refractivity contribution in [2.75, 3.05) is 0 Å². The van der Waals surface area contributed by atoms with E-state index in [1.807, 2.05) is 25.1 Å². The van der Waals surface area contributed by atoms with Crippen molar-refractivity contribution in [3.8, 4) is 0 Å². The molecule has 0 atom stereocenters. The quantitative estimate of drug-likeness (QED) is 0.526. The molecule has 4 aromatic rings. The number of hydrogen-bond donors (Lipinski definition) is 0. The van der Waals surface area contributed by atoms with E-state index in [9.17, 15) is 18.0 Å². The summed E-state index contributed by atoms with van der Waals surface area (Å²) in [5, 5.41) is 5.24. The van der Waals surface area contributed by atoms with Gasteiger partial charge in [0.1, 0.15) is 11.3 Å². The molecule has 0 aliphatic rings. The van der Waals surface area contributed by atoms with Gasteiger partial charge in [0.2, 0.25) is 0 Å². The average molecular weight is 371 g/mol. The van der Waals surface area contributed by atoms with Crippen molar-refractivity contribution >= 4 is 16.4 Å². The van der Waals surface area contributed by atoms with Crippen molar-refractivity contribution in [1.29, 1.82) is 0 Å². The van der Waals surface area contributed by atoms with Crippen molar-refractivity contribution in [1.82, 2.24) is 14.2 Å². The number of halogens is 3. The van der Waals surface area contributed by atoms with Gasteiger partial charge in [0.05, 0.1) is 17.6 Å². The van der Waals surface area contributed by atoms with Gasteiger partial charge in [0, 0.05) is 5.39 Å². The minimum absolute atomic E-state index is 0.0271. The van der Waals surface area contributed by atoms with Gasteiger partial charge in [-0.1, -0.05) is 23.8 Å². The minimum atomic E-state index is -4.43. The Balaban J connectivity index is 1.85. The fourth-order valence-corrected chi connectivity index (χ4v) is 3.36. The highest BCUT2D eigenvalue weighted by atomic mass is 19.4.